The topological polar surface area (TPSA) is 47.9 Å². The van der Waals surface area contributed by atoms with Gasteiger partial charge in [-0.05, 0) is 68.3 Å². The largest absolute Gasteiger partial charge is 0.374 e. The first-order valence-corrected chi connectivity index (χ1v) is 13.9. The zero-order valence-corrected chi connectivity index (χ0v) is 21.0. The second-order valence-corrected chi connectivity index (χ2v) is 10.6. The summed E-state index contributed by atoms with van der Waals surface area (Å²) in [5.41, 5.74) is 1.28. The molecular weight excluding hydrogens is 410 g/mol. The number of hydrogen-bond acceptors (Lipinski definition) is 4. The molecule has 2 fully saturated rings. The smallest absolute Gasteiger partial charge is 0.155 e. The number of hydrogen-bond donors (Lipinski definition) is 0. The van der Waals surface area contributed by atoms with Crippen LogP contribution in [0.25, 0.3) is 0 Å². The lowest BCUT2D eigenvalue weighted by Gasteiger charge is -2.26. The van der Waals surface area contributed by atoms with Crippen LogP contribution in [0, 0.1) is 28.6 Å². The van der Waals surface area contributed by atoms with Gasteiger partial charge in [-0.25, -0.2) is 0 Å². The van der Waals surface area contributed by atoms with E-state index in [0.29, 0.717) is 18.6 Å². The molecule has 3 rings (SSSR count). The Labute approximate surface area is 202 Å². The summed E-state index contributed by atoms with van der Waals surface area (Å²) in [6.07, 6.45) is 19.9. The summed E-state index contributed by atoms with van der Waals surface area (Å²) in [4.78, 5) is 15.5. The molecule has 33 heavy (non-hydrogen) atoms. The number of rotatable bonds is 21. The van der Waals surface area contributed by atoms with Crippen LogP contribution in [0.1, 0.15) is 109 Å². The quantitative estimate of drug-likeness (QED) is 0.105. The van der Waals surface area contributed by atoms with Crippen molar-refractivity contribution in [1.29, 1.82) is 0 Å². The molecule has 0 N–H and O–H groups in total. The Morgan fingerprint density at radius 3 is 2.06 bits per heavy atom. The Hall–Kier alpha value is -1.42. The van der Waals surface area contributed by atoms with Crippen LogP contribution < -0.4 is 0 Å². The Balaban J connectivity index is 1.37. The third kappa shape index (κ3) is 10.6. The van der Waals surface area contributed by atoms with E-state index in [2.05, 4.69) is 42.6 Å². The molecule has 0 heterocycles. The van der Waals surface area contributed by atoms with Gasteiger partial charge < -0.3 is 9.57 Å². The van der Waals surface area contributed by atoms with Crippen LogP contribution in [-0.4, -0.2) is 12.7 Å². The second kappa shape index (κ2) is 15.5. The lowest BCUT2D eigenvalue weighted by atomic mass is 9.81. The summed E-state index contributed by atoms with van der Waals surface area (Å²) in [5, 5.41) is 2.69. The molecule has 0 saturated heterocycles. The molecule has 0 amide bonds. The van der Waals surface area contributed by atoms with Crippen LogP contribution in [-0.2, 0) is 16.2 Å². The molecule has 1 aromatic carbocycles. The highest BCUT2D eigenvalue weighted by atomic mass is 16.7. The minimum atomic E-state index is 0.386. The highest BCUT2D eigenvalue weighted by Crippen LogP contribution is 2.50. The van der Waals surface area contributed by atoms with Gasteiger partial charge in [0.1, 0.15) is 6.61 Å². The molecule has 0 radical (unpaired) electrons. The van der Waals surface area contributed by atoms with Crippen LogP contribution in [0.5, 0.6) is 0 Å². The molecule has 2 saturated carbocycles. The molecule has 0 bridgehead atoms. The Bertz CT molecular complexity index is 629. The monoisotopic (exact) mass is 457 g/mol. The van der Waals surface area contributed by atoms with E-state index in [-0.39, 0.29) is 0 Å². The van der Waals surface area contributed by atoms with Gasteiger partial charge >= 0.3 is 0 Å². The van der Waals surface area contributed by atoms with E-state index >= 15 is 0 Å². The third-order valence-corrected chi connectivity index (χ3v) is 7.85. The van der Waals surface area contributed by atoms with E-state index in [0.717, 1.165) is 24.4 Å². The van der Waals surface area contributed by atoms with Gasteiger partial charge in [-0.15, -0.1) is 4.91 Å². The molecule has 186 valence electrons. The summed E-state index contributed by atoms with van der Waals surface area (Å²) < 4.78 is 6.38. The van der Waals surface area contributed by atoms with Gasteiger partial charge in [0.15, 0.2) is 5.34 Å². The minimum absolute atomic E-state index is 0.386. The van der Waals surface area contributed by atoms with E-state index in [1.54, 1.807) is 0 Å². The molecule has 2 aliphatic rings. The van der Waals surface area contributed by atoms with Crippen LogP contribution >= 0.6 is 0 Å². The second-order valence-electron chi connectivity index (χ2n) is 10.6. The van der Waals surface area contributed by atoms with E-state index in [9.17, 15) is 4.91 Å². The van der Waals surface area contributed by atoms with Crippen LogP contribution in [0.15, 0.2) is 35.7 Å². The first-order valence-electron chi connectivity index (χ1n) is 13.9. The van der Waals surface area contributed by atoms with Crippen molar-refractivity contribution in [2.24, 2.45) is 29.0 Å². The van der Waals surface area contributed by atoms with Gasteiger partial charge in [0, 0.05) is 5.92 Å². The van der Waals surface area contributed by atoms with Crippen molar-refractivity contribution in [3.8, 4) is 0 Å². The predicted octanol–water partition coefficient (Wildman–Crippen LogP) is 8.63. The first kappa shape index (κ1) is 26.2. The van der Waals surface area contributed by atoms with E-state index in [1.165, 1.54) is 102 Å². The van der Waals surface area contributed by atoms with Gasteiger partial charge in [0.05, 0.1) is 12.7 Å². The van der Waals surface area contributed by atoms with E-state index < -0.39 is 0 Å². The lowest BCUT2D eigenvalue weighted by molar-refractivity contribution is 0.0258. The molecule has 0 spiro atoms. The van der Waals surface area contributed by atoms with Crippen molar-refractivity contribution < 1.29 is 9.57 Å². The van der Waals surface area contributed by atoms with Crippen molar-refractivity contribution in [3.05, 3.63) is 40.8 Å². The van der Waals surface area contributed by atoms with Crippen molar-refractivity contribution in [2.75, 3.05) is 6.61 Å². The SMILES string of the molecule is CCCCCCCC(CCCCCC(C1CC1)C(CON=O)C1CC1)OCc1ccccc1. The fourth-order valence-electron chi connectivity index (χ4n) is 5.58. The van der Waals surface area contributed by atoms with Crippen molar-refractivity contribution in [2.45, 2.75) is 116 Å². The van der Waals surface area contributed by atoms with Gasteiger partial charge in [-0.1, -0.05) is 88.6 Å². The number of ether oxygens (including phenoxy) is 1. The van der Waals surface area contributed by atoms with Crippen molar-refractivity contribution >= 4 is 0 Å². The summed E-state index contributed by atoms with van der Waals surface area (Å²) in [6.45, 7) is 3.56. The highest BCUT2D eigenvalue weighted by Gasteiger charge is 2.43. The Morgan fingerprint density at radius 1 is 0.818 bits per heavy atom. The average Bonchev–Trinajstić information content (AvgIpc) is 3.75. The minimum Gasteiger partial charge on any atom is -0.374 e. The first-order chi connectivity index (χ1) is 16.3. The van der Waals surface area contributed by atoms with E-state index in [1.807, 2.05) is 0 Å². The molecule has 3 atom stereocenters. The normalized spacial score (nSPS) is 18.6. The summed E-state index contributed by atoms with van der Waals surface area (Å²) in [6, 6.07) is 10.6. The maximum Gasteiger partial charge on any atom is 0.155 e. The Morgan fingerprint density at radius 2 is 1.42 bits per heavy atom. The van der Waals surface area contributed by atoms with Crippen LogP contribution in [0.2, 0.25) is 0 Å². The van der Waals surface area contributed by atoms with Gasteiger partial charge in [-0.3, -0.25) is 0 Å². The van der Waals surface area contributed by atoms with Crippen molar-refractivity contribution in [1.82, 2.24) is 0 Å². The van der Waals surface area contributed by atoms with Gasteiger partial charge in [0.2, 0.25) is 0 Å². The summed E-state index contributed by atoms with van der Waals surface area (Å²) in [7, 11) is 0. The lowest BCUT2D eigenvalue weighted by Crippen LogP contribution is -2.23. The van der Waals surface area contributed by atoms with Gasteiger partial charge in [0.25, 0.3) is 0 Å². The molecule has 1 aromatic rings. The average molecular weight is 458 g/mol. The molecule has 0 aliphatic heterocycles. The third-order valence-electron chi connectivity index (χ3n) is 7.85. The zero-order chi connectivity index (χ0) is 23.1. The number of benzene rings is 1. The molecule has 0 aromatic heterocycles. The molecule has 4 nitrogen and oxygen atoms in total. The van der Waals surface area contributed by atoms with Crippen LogP contribution in [0.4, 0.5) is 0 Å². The molecule has 2 aliphatic carbocycles. The van der Waals surface area contributed by atoms with E-state index in [4.69, 9.17) is 9.57 Å². The number of unbranched alkanes of at least 4 members (excludes halogenated alkanes) is 6. The predicted molar refractivity (Wildman–Crippen MR) is 136 cm³/mol. The zero-order valence-electron chi connectivity index (χ0n) is 21.0. The van der Waals surface area contributed by atoms with Crippen molar-refractivity contribution in [3.63, 3.8) is 0 Å². The Kier molecular flexibility index (Phi) is 12.3. The fourth-order valence-corrected chi connectivity index (χ4v) is 5.58. The maximum atomic E-state index is 10.5. The molecular formula is C29H47NO3. The molecule has 3 unspecified atom stereocenters. The molecule has 4 heteroatoms. The standard InChI is InChI=1S/C29H47NO3/c1-2-3-4-5-10-15-27(32-22-24-13-8-6-9-14-24)16-11-7-12-17-28(25-18-19-25)29(23-33-30-31)26-20-21-26/h6,8-9,13-14,25-29H,2-5,7,10-12,15-23H2,1H3. The fraction of sp³-hybridized carbons (Fsp3) is 0.793. The highest BCUT2D eigenvalue weighted by molar-refractivity contribution is 5.13. The maximum absolute atomic E-state index is 10.5. The summed E-state index contributed by atoms with van der Waals surface area (Å²) in [5.74, 6) is 2.94. The van der Waals surface area contributed by atoms with Gasteiger partial charge in [-0.2, -0.15) is 0 Å². The van der Waals surface area contributed by atoms with Crippen LogP contribution in [0.3, 0.4) is 0 Å². The summed E-state index contributed by atoms with van der Waals surface area (Å²) >= 11 is 0. The number of nitrogens with zero attached hydrogens (tertiary/aromatic N) is 1.